The standard InChI is InChI=1S/C21H18BFN5O9P/c23-13-6-10(4-5-15(13)38(34,35)36)17(27-19(29)14-8-24-9-25-28-14)20(30)26-16-7-11-2-1-3-12(21(31)32)18(11)37-22(16)33/h1-6,8-9,16-17,33H,7H2,(H,26,30)(H,27,29)(H,31,32)(H2,34,35,36)/t16-,17?/m0/s1. The van der Waals surface area contributed by atoms with Gasteiger partial charge in [0.25, 0.3) is 5.91 Å². The van der Waals surface area contributed by atoms with Crippen LogP contribution in [0.15, 0.2) is 48.9 Å². The maximum absolute atomic E-state index is 14.5. The predicted octanol–water partition coefficient (Wildman–Crippen LogP) is -0.877. The van der Waals surface area contributed by atoms with Gasteiger partial charge in [-0.25, -0.2) is 14.2 Å². The maximum Gasteiger partial charge on any atom is 0.547 e. The van der Waals surface area contributed by atoms with Gasteiger partial charge in [0.2, 0.25) is 5.91 Å². The molecule has 0 aliphatic carbocycles. The fourth-order valence-corrected chi connectivity index (χ4v) is 4.39. The fraction of sp³-hybridized carbons (Fsp3) is 0.143. The molecule has 3 aromatic rings. The number of carbonyl (C=O) groups is 3. The maximum atomic E-state index is 14.5. The third kappa shape index (κ3) is 5.68. The summed E-state index contributed by atoms with van der Waals surface area (Å²) in [5.74, 6) is -5.66. The first-order valence-corrected chi connectivity index (χ1v) is 12.4. The average molecular weight is 545 g/mol. The number of aromatic nitrogens is 3. The molecule has 0 bridgehead atoms. The highest BCUT2D eigenvalue weighted by Crippen LogP contribution is 2.35. The van der Waals surface area contributed by atoms with E-state index in [0.29, 0.717) is 11.6 Å². The monoisotopic (exact) mass is 545 g/mol. The van der Waals surface area contributed by atoms with Crippen LogP contribution in [0.3, 0.4) is 0 Å². The van der Waals surface area contributed by atoms with Crippen LogP contribution < -0.4 is 20.6 Å². The number of para-hydroxylation sites is 1. The van der Waals surface area contributed by atoms with Crippen LogP contribution in [0, 0.1) is 5.82 Å². The Morgan fingerprint density at radius 3 is 2.61 bits per heavy atom. The Balaban J connectivity index is 1.63. The van der Waals surface area contributed by atoms with E-state index in [4.69, 9.17) is 4.65 Å². The highest BCUT2D eigenvalue weighted by atomic mass is 31.2. The molecule has 196 valence electrons. The molecule has 0 spiro atoms. The van der Waals surface area contributed by atoms with Gasteiger partial charge in [-0.15, -0.1) is 10.2 Å². The number of halogens is 1. The molecular formula is C21H18BFN5O9P. The largest absolute Gasteiger partial charge is 0.547 e. The molecule has 38 heavy (non-hydrogen) atoms. The Bertz CT molecular complexity index is 1460. The number of hydrogen-bond acceptors (Lipinski definition) is 9. The van der Waals surface area contributed by atoms with E-state index in [0.717, 1.165) is 24.7 Å². The van der Waals surface area contributed by atoms with Crippen LogP contribution in [0.4, 0.5) is 4.39 Å². The van der Waals surface area contributed by atoms with E-state index in [1.165, 1.54) is 12.1 Å². The molecule has 0 fully saturated rings. The van der Waals surface area contributed by atoms with Crippen LogP contribution in [0.2, 0.25) is 0 Å². The van der Waals surface area contributed by atoms with Crippen LogP contribution in [0.5, 0.6) is 5.75 Å². The first kappa shape index (κ1) is 26.8. The van der Waals surface area contributed by atoms with Crippen molar-refractivity contribution in [2.75, 3.05) is 0 Å². The predicted molar refractivity (Wildman–Crippen MR) is 126 cm³/mol. The van der Waals surface area contributed by atoms with Crippen LogP contribution >= 0.6 is 7.60 Å². The number of aromatic carboxylic acids is 1. The van der Waals surface area contributed by atoms with Crippen molar-refractivity contribution in [1.29, 1.82) is 0 Å². The lowest BCUT2D eigenvalue weighted by Gasteiger charge is -2.30. The summed E-state index contributed by atoms with van der Waals surface area (Å²) in [6.45, 7) is 0. The minimum absolute atomic E-state index is 0.0520. The lowest BCUT2D eigenvalue weighted by Crippen LogP contribution is -2.55. The number of amides is 2. The number of benzene rings is 2. The zero-order valence-electron chi connectivity index (χ0n) is 19.1. The summed E-state index contributed by atoms with van der Waals surface area (Å²) in [5.41, 5.74) is -0.283. The molecule has 2 atom stereocenters. The number of fused-ring (bicyclic) bond motifs is 1. The molecule has 0 saturated heterocycles. The van der Waals surface area contributed by atoms with Gasteiger partial charge < -0.3 is 35.2 Å². The summed E-state index contributed by atoms with van der Waals surface area (Å²) in [5, 5.41) is 30.7. The normalized spacial score (nSPS) is 15.6. The van der Waals surface area contributed by atoms with E-state index in [9.17, 15) is 43.3 Å². The Morgan fingerprint density at radius 1 is 1.21 bits per heavy atom. The Labute approximate surface area is 213 Å². The minimum atomic E-state index is -4.97. The van der Waals surface area contributed by atoms with Crippen LogP contribution in [0.25, 0.3) is 0 Å². The van der Waals surface area contributed by atoms with E-state index in [1.54, 1.807) is 6.07 Å². The number of hydrogen-bond donors (Lipinski definition) is 6. The molecule has 2 heterocycles. The summed E-state index contributed by atoms with van der Waals surface area (Å²) in [6.07, 6.45) is 2.07. The van der Waals surface area contributed by atoms with Crippen molar-refractivity contribution >= 4 is 37.8 Å². The van der Waals surface area contributed by atoms with Gasteiger partial charge >= 0.3 is 20.7 Å². The van der Waals surface area contributed by atoms with Gasteiger partial charge in [-0.2, -0.15) is 0 Å². The van der Waals surface area contributed by atoms with Crippen molar-refractivity contribution in [2.24, 2.45) is 0 Å². The molecule has 1 aromatic heterocycles. The first-order chi connectivity index (χ1) is 18.0. The van der Waals surface area contributed by atoms with Gasteiger partial charge in [-0.05, 0) is 35.7 Å². The number of carbonyl (C=O) groups excluding carboxylic acids is 2. The summed E-state index contributed by atoms with van der Waals surface area (Å²) in [4.78, 5) is 59.7. The van der Waals surface area contributed by atoms with Gasteiger partial charge in [-0.1, -0.05) is 18.2 Å². The number of nitrogens with zero attached hydrogens (tertiary/aromatic N) is 3. The molecular weight excluding hydrogens is 527 g/mol. The Kier molecular flexibility index (Phi) is 7.50. The molecule has 14 nitrogen and oxygen atoms in total. The lowest BCUT2D eigenvalue weighted by molar-refractivity contribution is -0.123. The molecule has 2 amide bonds. The second kappa shape index (κ2) is 10.6. The van der Waals surface area contributed by atoms with E-state index in [-0.39, 0.29) is 29.0 Å². The smallest absolute Gasteiger partial charge is 0.534 e. The summed E-state index contributed by atoms with van der Waals surface area (Å²) < 4.78 is 31.4. The minimum Gasteiger partial charge on any atom is -0.534 e. The van der Waals surface area contributed by atoms with Crippen LogP contribution in [0.1, 0.15) is 38.0 Å². The van der Waals surface area contributed by atoms with Gasteiger partial charge in [-0.3, -0.25) is 14.2 Å². The zero-order valence-corrected chi connectivity index (χ0v) is 19.9. The quantitative estimate of drug-likeness (QED) is 0.157. The number of carboxylic acids is 1. The highest BCUT2D eigenvalue weighted by molar-refractivity contribution is 7.60. The van der Waals surface area contributed by atoms with Crippen LogP contribution in [-0.2, 0) is 15.8 Å². The summed E-state index contributed by atoms with van der Waals surface area (Å²) >= 11 is 0. The molecule has 4 rings (SSSR count). The third-order valence-corrected chi connectivity index (χ3v) is 6.54. The summed E-state index contributed by atoms with van der Waals surface area (Å²) in [6, 6.07) is 5.16. The summed E-state index contributed by atoms with van der Waals surface area (Å²) in [7, 11) is -6.64. The fourth-order valence-electron chi connectivity index (χ4n) is 3.78. The van der Waals surface area contributed by atoms with Crippen molar-refractivity contribution in [1.82, 2.24) is 25.8 Å². The molecule has 1 aliphatic heterocycles. The number of carboxylic acid groups (broad SMARTS) is 1. The second-order valence-electron chi connectivity index (χ2n) is 8.08. The SMILES string of the molecule is O=C(NC(C(=O)N[C@H]1Cc2cccc(C(=O)O)c2OB1O)c1ccc(P(=O)(O)O)c(F)c1)c1cncnn1. The molecule has 6 N–H and O–H groups in total. The van der Waals surface area contributed by atoms with E-state index < -0.39 is 55.6 Å². The van der Waals surface area contributed by atoms with Gasteiger partial charge in [0.15, 0.2) is 5.69 Å². The van der Waals surface area contributed by atoms with Crippen molar-refractivity contribution in [2.45, 2.75) is 18.4 Å². The molecule has 0 saturated carbocycles. The molecule has 2 aromatic carbocycles. The topological polar surface area (TPSA) is 221 Å². The second-order valence-corrected chi connectivity index (χ2v) is 9.65. The van der Waals surface area contributed by atoms with Crippen molar-refractivity contribution in [3.8, 4) is 5.75 Å². The zero-order chi connectivity index (χ0) is 27.6. The van der Waals surface area contributed by atoms with Gasteiger partial charge in [0.1, 0.15) is 23.9 Å². The van der Waals surface area contributed by atoms with Gasteiger partial charge in [0, 0.05) is 0 Å². The average Bonchev–Trinajstić information content (AvgIpc) is 2.86. The first-order valence-electron chi connectivity index (χ1n) is 10.7. The lowest BCUT2D eigenvalue weighted by atomic mass is 9.72. The van der Waals surface area contributed by atoms with E-state index in [2.05, 4.69) is 25.8 Å². The number of rotatable bonds is 7. The Hall–Kier alpha value is -4.24. The van der Waals surface area contributed by atoms with Crippen molar-refractivity contribution in [3.63, 3.8) is 0 Å². The molecule has 1 unspecified atom stereocenters. The molecule has 1 aliphatic rings. The Morgan fingerprint density at radius 2 is 1.97 bits per heavy atom. The number of nitrogens with one attached hydrogen (secondary N) is 2. The third-order valence-electron chi connectivity index (χ3n) is 5.55. The van der Waals surface area contributed by atoms with E-state index in [1.807, 2.05) is 0 Å². The van der Waals surface area contributed by atoms with Crippen molar-refractivity contribution < 1.29 is 47.9 Å². The molecule has 0 radical (unpaired) electrons. The van der Waals surface area contributed by atoms with E-state index >= 15 is 0 Å². The van der Waals surface area contributed by atoms with Crippen molar-refractivity contribution in [3.05, 3.63) is 77.1 Å². The van der Waals surface area contributed by atoms with Gasteiger partial charge in [0.05, 0.1) is 23.0 Å². The highest BCUT2D eigenvalue weighted by Gasteiger charge is 2.39. The van der Waals surface area contributed by atoms with Crippen LogP contribution in [-0.4, -0.2) is 65.9 Å². The molecule has 17 heteroatoms.